The monoisotopic (exact) mass is 276 g/mol. The van der Waals surface area contributed by atoms with Gasteiger partial charge in [0.05, 0.1) is 6.04 Å². The first kappa shape index (κ1) is 14.1. The molecule has 2 aromatic rings. The smallest absolute Gasteiger partial charge is 0.130 e. The van der Waals surface area contributed by atoms with Gasteiger partial charge in [0, 0.05) is 42.0 Å². The highest BCUT2D eigenvalue weighted by molar-refractivity contribution is 7.09. The molecule has 0 radical (unpaired) electrons. The van der Waals surface area contributed by atoms with Crippen molar-refractivity contribution in [3.05, 3.63) is 40.4 Å². The molecule has 0 aromatic carbocycles. The van der Waals surface area contributed by atoms with E-state index in [1.165, 1.54) is 0 Å². The fraction of sp³-hybridized carbons (Fsp3) is 0.500. The number of hydrogen-bond acceptors (Lipinski definition) is 5. The average molecular weight is 276 g/mol. The van der Waals surface area contributed by atoms with Gasteiger partial charge < -0.3 is 0 Å². The van der Waals surface area contributed by atoms with Crippen LogP contribution in [0.4, 0.5) is 0 Å². The summed E-state index contributed by atoms with van der Waals surface area (Å²) >= 11 is 1.69. The molecule has 0 spiro atoms. The van der Waals surface area contributed by atoms with Crippen molar-refractivity contribution in [3.8, 4) is 0 Å². The standard InChI is InChI=1S/C14H20N4S/c1-10(2)13-16-7-12(8-17-13)9-18(4)11(3)14-15-5-6-19-14/h5-8,10-11H,9H2,1-4H3. The van der Waals surface area contributed by atoms with E-state index in [0.717, 1.165) is 22.9 Å². The van der Waals surface area contributed by atoms with E-state index in [-0.39, 0.29) is 0 Å². The molecule has 2 heterocycles. The lowest BCUT2D eigenvalue weighted by Crippen LogP contribution is -2.22. The fourth-order valence-corrected chi connectivity index (χ4v) is 2.56. The molecule has 1 atom stereocenters. The predicted octanol–water partition coefficient (Wildman–Crippen LogP) is 3.25. The molecule has 2 rings (SSSR count). The van der Waals surface area contributed by atoms with Gasteiger partial charge in [-0.15, -0.1) is 11.3 Å². The zero-order valence-electron chi connectivity index (χ0n) is 11.9. The Hall–Kier alpha value is -1.33. The molecule has 19 heavy (non-hydrogen) atoms. The molecule has 0 saturated heterocycles. The van der Waals surface area contributed by atoms with Crippen LogP contribution in [-0.4, -0.2) is 26.9 Å². The summed E-state index contributed by atoms with van der Waals surface area (Å²) in [7, 11) is 2.10. The quantitative estimate of drug-likeness (QED) is 0.840. The summed E-state index contributed by atoms with van der Waals surface area (Å²) < 4.78 is 0. The van der Waals surface area contributed by atoms with Crippen molar-refractivity contribution >= 4 is 11.3 Å². The molecule has 0 saturated carbocycles. The highest BCUT2D eigenvalue weighted by Gasteiger charge is 2.14. The van der Waals surface area contributed by atoms with Crippen molar-refractivity contribution in [1.82, 2.24) is 19.9 Å². The highest BCUT2D eigenvalue weighted by Crippen LogP contribution is 2.22. The second kappa shape index (κ2) is 6.21. The Morgan fingerprint density at radius 3 is 2.37 bits per heavy atom. The number of rotatable bonds is 5. The van der Waals surface area contributed by atoms with Gasteiger partial charge in [-0.05, 0) is 14.0 Å². The van der Waals surface area contributed by atoms with Crippen molar-refractivity contribution < 1.29 is 0 Å². The van der Waals surface area contributed by atoms with E-state index >= 15 is 0 Å². The van der Waals surface area contributed by atoms with Crippen molar-refractivity contribution in [2.24, 2.45) is 0 Å². The first-order chi connectivity index (χ1) is 9.08. The second-order valence-corrected chi connectivity index (χ2v) is 5.99. The van der Waals surface area contributed by atoms with E-state index in [9.17, 15) is 0 Å². The Labute approximate surface area is 118 Å². The third-order valence-electron chi connectivity index (χ3n) is 3.14. The summed E-state index contributed by atoms with van der Waals surface area (Å²) in [6.45, 7) is 7.21. The van der Waals surface area contributed by atoms with Crippen LogP contribution < -0.4 is 0 Å². The highest BCUT2D eigenvalue weighted by atomic mass is 32.1. The SMILES string of the molecule is CC(C)c1ncc(CN(C)C(C)c2nccs2)cn1. The van der Waals surface area contributed by atoms with Crippen LogP contribution in [0.1, 0.15) is 49.1 Å². The third-order valence-corrected chi connectivity index (χ3v) is 4.09. The normalized spacial score (nSPS) is 13.2. The molecule has 5 heteroatoms. The average Bonchev–Trinajstić information content (AvgIpc) is 2.92. The van der Waals surface area contributed by atoms with Gasteiger partial charge in [-0.3, -0.25) is 4.90 Å². The van der Waals surface area contributed by atoms with Crippen LogP contribution in [0.3, 0.4) is 0 Å². The first-order valence-corrected chi connectivity index (χ1v) is 7.36. The maximum Gasteiger partial charge on any atom is 0.130 e. The molecule has 4 nitrogen and oxygen atoms in total. The Balaban J connectivity index is 2.00. The van der Waals surface area contributed by atoms with Gasteiger partial charge in [0.2, 0.25) is 0 Å². The second-order valence-electron chi connectivity index (χ2n) is 5.07. The van der Waals surface area contributed by atoms with Gasteiger partial charge in [-0.1, -0.05) is 13.8 Å². The molecule has 0 aliphatic heterocycles. The van der Waals surface area contributed by atoms with Crippen LogP contribution >= 0.6 is 11.3 Å². The molecule has 0 N–H and O–H groups in total. The van der Waals surface area contributed by atoms with Crippen LogP contribution in [0.25, 0.3) is 0 Å². The fourth-order valence-electron chi connectivity index (χ4n) is 1.80. The largest absolute Gasteiger partial charge is 0.293 e. The predicted molar refractivity (Wildman–Crippen MR) is 78.1 cm³/mol. The van der Waals surface area contributed by atoms with Gasteiger partial charge in [0.25, 0.3) is 0 Å². The van der Waals surface area contributed by atoms with E-state index in [1.54, 1.807) is 11.3 Å². The van der Waals surface area contributed by atoms with E-state index < -0.39 is 0 Å². The molecule has 102 valence electrons. The Kier molecular flexibility index (Phi) is 4.61. The third kappa shape index (κ3) is 3.58. The topological polar surface area (TPSA) is 41.9 Å². The summed E-state index contributed by atoms with van der Waals surface area (Å²) in [5.41, 5.74) is 1.13. The molecule has 0 aliphatic rings. The van der Waals surface area contributed by atoms with Gasteiger partial charge in [0.15, 0.2) is 0 Å². The number of nitrogens with zero attached hydrogens (tertiary/aromatic N) is 4. The molecule has 2 aromatic heterocycles. The zero-order chi connectivity index (χ0) is 13.8. The summed E-state index contributed by atoms with van der Waals surface area (Å²) in [5.74, 6) is 1.28. The lowest BCUT2D eigenvalue weighted by Gasteiger charge is -2.22. The zero-order valence-corrected chi connectivity index (χ0v) is 12.7. The van der Waals surface area contributed by atoms with Gasteiger partial charge in [-0.25, -0.2) is 15.0 Å². The van der Waals surface area contributed by atoms with Crippen molar-refractivity contribution in [1.29, 1.82) is 0 Å². The molecule has 0 fully saturated rings. The molecule has 0 amide bonds. The van der Waals surface area contributed by atoms with E-state index in [1.807, 2.05) is 24.0 Å². The maximum absolute atomic E-state index is 4.40. The summed E-state index contributed by atoms with van der Waals surface area (Å²) in [6.07, 6.45) is 5.70. The summed E-state index contributed by atoms with van der Waals surface area (Å²) in [5, 5.41) is 3.16. The van der Waals surface area contributed by atoms with Crippen molar-refractivity contribution in [2.45, 2.75) is 39.3 Å². The molecule has 1 unspecified atom stereocenters. The Bertz CT molecular complexity index is 493. The van der Waals surface area contributed by atoms with E-state index in [2.05, 4.69) is 47.7 Å². The Morgan fingerprint density at radius 1 is 1.16 bits per heavy atom. The number of aromatic nitrogens is 3. The minimum absolute atomic E-state index is 0.310. The van der Waals surface area contributed by atoms with Gasteiger partial charge >= 0.3 is 0 Å². The lowest BCUT2D eigenvalue weighted by atomic mass is 10.2. The van der Waals surface area contributed by atoms with Crippen LogP contribution in [0.15, 0.2) is 24.0 Å². The van der Waals surface area contributed by atoms with E-state index in [0.29, 0.717) is 12.0 Å². The van der Waals surface area contributed by atoms with Gasteiger partial charge in [-0.2, -0.15) is 0 Å². The number of hydrogen-bond donors (Lipinski definition) is 0. The number of thiazole rings is 1. The molecule has 0 bridgehead atoms. The summed E-state index contributed by atoms with van der Waals surface area (Å²) in [4.78, 5) is 15.4. The Morgan fingerprint density at radius 2 is 1.84 bits per heavy atom. The lowest BCUT2D eigenvalue weighted by molar-refractivity contribution is 0.252. The molecular weight excluding hydrogens is 256 g/mol. The minimum Gasteiger partial charge on any atom is -0.293 e. The molecular formula is C14H20N4S. The van der Waals surface area contributed by atoms with E-state index in [4.69, 9.17) is 0 Å². The molecule has 0 aliphatic carbocycles. The summed E-state index contributed by atoms with van der Waals surface area (Å²) in [6, 6.07) is 0.310. The van der Waals surface area contributed by atoms with Crippen LogP contribution in [0, 0.1) is 0 Å². The van der Waals surface area contributed by atoms with Gasteiger partial charge in [0.1, 0.15) is 10.8 Å². The maximum atomic E-state index is 4.40. The van der Waals surface area contributed by atoms with Crippen LogP contribution in [-0.2, 0) is 6.54 Å². The van der Waals surface area contributed by atoms with Crippen molar-refractivity contribution in [2.75, 3.05) is 7.05 Å². The van der Waals surface area contributed by atoms with Crippen LogP contribution in [0.5, 0.6) is 0 Å². The van der Waals surface area contributed by atoms with Crippen LogP contribution in [0.2, 0.25) is 0 Å². The van der Waals surface area contributed by atoms with Crippen molar-refractivity contribution in [3.63, 3.8) is 0 Å². The first-order valence-electron chi connectivity index (χ1n) is 6.48. The minimum atomic E-state index is 0.310.